The van der Waals surface area contributed by atoms with E-state index in [0.29, 0.717) is 0 Å². The molecule has 0 spiro atoms. The molecule has 0 amide bonds. The van der Waals surface area contributed by atoms with E-state index < -0.39 is 0 Å². The summed E-state index contributed by atoms with van der Waals surface area (Å²) in [6.45, 7) is 5.98. The van der Waals surface area contributed by atoms with Crippen molar-refractivity contribution in [2.24, 2.45) is 5.73 Å². The van der Waals surface area contributed by atoms with Gasteiger partial charge in [0.1, 0.15) is 16.4 Å². The molecular weight excluding hydrogens is 256 g/mol. The number of hydrogen-bond acceptors (Lipinski definition) is 4. The van der Waals surface area contributed by atoms with Crippen molar-refractivity contribution in [3.8, 4) is 10.6 Å². The fourth-order valence-electron chi connectivity index (χ4n) is 2.37. The van der Waals surface area contributed by atoms with Crippen LogP contribution < -0.4 is 5.73 Å². The molecular formula is C15H16N2OS. The number of rotatable bonds is 2. The minimum Gasteiger partial charge on any atom is -0.461 e. The number of furan rings is 1. The minimum absolute atomic E-state index is 0.0183. The molecule has 0 aliphatic rings. The fourth-order valence-corrected chi connectivity index (χ4v) is 3.50. The molecule has 0 aliphatic carbocycles. The van der Waals surface area contributed by atoms with Crippen LogP contribution in [0.2, 0.25) is 0 Å². The second-order valence-corrected chi connectivity index (χ2v) is 5.82. The number of aromatic nitrogens is 1. The van der Waals surface area contributed by atoms with Gasteiger partial charge in [-0.2, -0.15) is 0 Å². The summed E-state index contributed by atoms with van der Waals surface area (Å²) in [5.74, 6) is 0.908. The molecule has 1 aromatic carbocycles. The van der Waals surface area contributed by atoms with Gasteiger partial charge < -0.3 is 10.2 Å². The quantitative estimate of drug-likeness (QED) is 0.761. The molecule has 0 bridgehead atoms. The molecule has 3 aromatic rings. The Balaban J connectivity index is 2.24. The Labute approximate surface area is 116 Å². The monoisotopic (exact) mass is 272 g/mol. The molecule has 1 unspecified atom stereocenters. The third-order valence-electron chi connectivity index (χ3n) is 3.23. The van der Waals surface area contributed by atoms with Gasteiger partial charge in [-0.05, 0) is 26.8 Å². The van der Waals surface area contributed by atoms with Crippen LogP contribution in [0.3, 0.4) is 0 Å². The fraction of sp³-hybridized carbons (Fsp3) is 0.267. The van der Waals surface area contributed by atoms with Crippen molar-refractivity contribution < 1.29 is 4.42 Å². The zero-order valence-electron chi connectivity index (χ0n) is 11.2. The molecule has 3 rings (SSSR count). The smallest absolute Gasteiger partial charge is 0.135 e. The summed E-state index contributed by atoms with van der Waals surface area (Å²) >= 11 is 1.66. The Morgan fingerprint density at radius 2 is 2.00 bits per heavy atom. The lowest BCUT2D eigenvalue weighted by atomic mass is 10.1. The third kappa shape index (κ3) is 1.97. The molecule has 1 atom stereocenters. The van der Waals surface area contributed by atoms with Gasteiger partial charge >= 0.3 is 0 Å². The van der Waals surface area contributed by atoms with Gasteiger partial charge in [0.2, 0.25) is 0 Å². The summed E-state index contributed by atoms with van der Waals surface area (Å²) in [4.78, 5) is 5.80. The maximum absolute atomic E-state index is 5.98. The Morgan fingerprint density at radius 3 is 2.68 bits per heavy atom. The number of nitrogens with zero attached hydrogens (tertiary/aromatic N) is 1. The SMILES string of the molecule is Cc1nc(-c2c(C)oc3ccccc23)sc1C(C)N. The molecule has 0 fully saturated rings. The van der Waals surface area contributed by atoms with Crippen molar-refractivity contribution in [1.82, 2.24) is 4.98 Å². The first kappa shape index (κ1) is 12.4. The van der Waals surface area contributed by atoms with Crippen molar-refractivity contribution >= 4 is 22.3 Å². The molecule has 19 heavy (non-hydrogen) atoms. The maximum atomic E-state index is 5.98. The van der Waals surface area contributed by atoms with E-state index in [2.05, 4.69) is 11.1 Å². The number of hydrogen-bond donors (Lipinski definition) is 1. The molecule has 4 heteroatoms. The van der Waals surface area contributed by atoms with Crippen LogP contribution in [-0.2, 0) is 0 Å². The molecule has 3 nitrogen and oxygen atoms in total. The molecule has 0 radical (unpaired) electrons. The second-order valence-electron chi connectivity index (χ2n) is 4.79. The second kappa shape index (κ2) is 4.47. The van der Waals surface area contributed by atoms with Crippen molar-refractivity contribution in [2.75, 3.05) is 0 Å². The van der Waals surface area contributed by atoms with Crippen LogP contribution in [0.4, 0.5) is 0 Å². The highest BCUT2D eigenvalue weighted by Crippen LogP contribution is 2.38. The number of aryl methyl sites for hydroxylation is 2. The van der Waals surface area contributed by atoms with Gasteiger partial charge in [-0.15, -0.1) is 11.3 Å². The summed E-state index contributed by atoms with van der Waals surface area (Å²) in [5.41, 5.74) is 8.99. The lowest BCUT2D eigenvalue weighted by Crippen LogP contribution is -2.03. The van der Waals surface area contributed by atoms with Crippen LogP contribution in [-0.4, -0.2) is 4.98 Å². The Bertz CT molecular complexity index is 740. The topological polar surface area (TPSA) is 52.0 Å². The van der Waals surface area contributed by atoms with Gasteiger partial charge in [-0.1, -0.05) is 18.2 Å². The summed E-state index contributed by atoms with van der Waals surface area (Å²) in [6.07, 6.45) is 0. The Kier molecular flexibility index (Phi) is 2.92. The van der Waals surface area contributed by atoms with Crippen LogP contribution >= 0.6 is 11.3 Å². The molecule has 2 aromatic heterocycles. The normalized spacial score (nSPS) is 13.1. The highest BCUT2D eigenvalue weighted by molar-refractivity contribution is 7.15. The van der Waals surface area contributed by atoms with Crippen LogP contribution in [0.25, 0.3) is 21.5 Å². The molecule has 0 aliphatic heterocycles. The summed E-state index contributed by atoms with van der Waals surface area (Å²) in [5, 5.41) is 2.11. The minimum atomic E-state index is 0.0183. The molecule has 0 saturated carbocycles. The van der Waals surface area contributed by atoms with E-state index in [0.717, 1.165) is 37.9 Å². The van der Waals surface area contributed by atoms with Gasteiger partial charge in [0.05, 0.1) is 11.3 Å². The standard InChI is InChI=1S/C15H16N2OS/c1-8(16)14-9(2)17-15(19-14)13-10(3)18-12-7-5-4-6-11(12)13/h4-8H,16H2,1-3H3. The first-order valence-corrected chi connectivity index (χ1v) is 7.11. The van der Waals surface area contributed by atoms with Crippen LogP contribution in [0.5, 0.6) is 0 Å². The zero-order valence-corrected chi connectivity index (χ0v) is 12.0. The van der Waals surface area contributed by atoms with Gasteiger partial charge in [0.15, 0.2) is 0 Å². The molecule has 0 saturated heterocycles. The van der Waals surface area contributed by atoms with E-state index in [1.807, 2.05) is 39.0 Å². The Hall–Kier alpha value is -1.65. The lowest BCUT2D eigenvalue weighted by molar-refractivity contribution is 0.580. The van der Waals surface area contributed by atoms with E-state index in [4.69, 9.17) is 10.2 Å². The highest BCUT2D eigenvalue weighted by Gasteiger charge is 2.18. The van der Waals surface area contributed by atoms with Crippen LogP contribution in [0.15, 0.2) is 28.7 Å². The maximum Gasteiger partial charge on any atom is 0.135 e. The molecule has 98 valence electrons. The van der Waals surface area contributed by atoms with Crippen LogP contribution in [0, 0.1) is 13.8 Å². The number of nitrogens with two attached hydrogens (primary N) is 1. The summed E-state index contributed by atoms with van der Waals surface area (Å²) in [6, 6.07) is 8.08. The average Bonchev–Trinajstić information content (AvgIpc) is 2.88. The van der Waals surface area contributed by atoms with Gasteiger partial charge in [0.25, 0.3) is 0 Å². The van der Waals surface area contributed by atoms with Gasteiger partial charge in [-0.25, -0.2) is 4.98 Å². The van der Waals surface area contributed by atoms with E-state index >= 15 is 0 Å². The average molecular weight is 272 g/mol. The first-order valence-electron chi connectivity index (χ1n) is 6.29. The van der Waals surface area contributed by atoms with Crippen molar-refractivity contribution in [2.45, 2.75) is 26.8 Å². The summed E-state index contributed by atoms with van der Waals surface area (Å²) < 4.78 is 5.80. The van der Waals surface area contributed by atoms with Gasteiger partial charge in [0, 0.05) is 16.3 Å². The molecule has 2 heterocycles. The number of para-hydroxylation sites is 1. The van der Waals surface area contributed by atoms with E-state index in [1.54, 1.807) is 11.3 Å². The molecule has 2 N–H and O–H groups in total. The van der Waals surface area contributed by atoms with Crippen LogP contribution in [0.1, 0.15) is 29.3 Å². The van der Waals surface area contributed by atoms with Gasteiger partial charge in [-0.3, -0.25) is 0 Å². The largest absolute Gasteiger partial charge is 0.461 e. The van der Waals surface area contributed by atoms with E-state index in [9.17, 15) is 0 Å². The van der Waals surface area contributed by atoms with E-state index in [-0.39, 0.29) is 6.04 Å². The first-order chi connectivity index (χ1) is 9.08. The summed E-state index contributed by atoms with van der Waals surface area (Å²) in [7, 11) is 0. The van der Waals surface area contributed by atoms with Crippen molar-refractivity contribution in [3.63, 3.8) is 0 Å². The number of fused-ring (bicyclic) bond motifs is 1. The highest BCUT2D eigenvalue weighted by atomic mass is 32.1. The number of thiazole rings is 1. The Morgan fingerprint density at radius 1 is 1.26 bits per heavy atom. The predicted octanol–water partition coefficient (Wildman–Crippen LogP) is 4.19. The number of benzene rings is 1. The zero-order chi connectivity index (χ0) is 13.6. The van der Waals surface area contributed by atoms with Crippen molar-refractivity contribution in [1.29, 1.82) is 0 Å². The van der Waals surface area contributed by atoms with Crippen molar-refractivity contribution in [3.05, 3.63) is 40.6 Å². The third-order valence-corrected chi connectivity index (χ3v) is 4.61. The lowest BCUT2D eigenvalue weighted by Gasteiger charge is -1.99. The van der Waals surface area contributed by atoms with E-state index in [1.165, 1.54) is 0 Å². The predicted molar refractivity (Wildman–Crippen MR) is 79.4 cm³/mol.